The van der Waals surface area contributed by atoms with Crippen molar-refractivity contribution in [1.82, 2.24) is 4.57 Å². The number of hydrogen-bond donors (Lipinski definition) is 0. The van der Waals surface area contributed by atoms with E-state index < -0.39 is 0 Å². The van der Waals surface area contributed by atoms with Crippen LogP contribution >= 0.6 is 0 Å². The van der Waals surface area contributed by atoms with Gasteiger partial charge in [-0.1, -0.05) is 56.3 Å². The molecule has 0 radical (unpaired) electrons. The first-order valence-electron chi connectivity index (χ1n) is 13.2. The molecule has 1 aliphatic rings. The predicted molar refractivity (Wildman–Crippen MR) is 157 cm³/mol. The average molecular weight is 478 g/mol. The number of benzene rings is 3. The van der Waals surface area contributed by atoms with Crippen LogP contribution in [0.1, 0.15) is 54.1 Å². The summed E-state index contributed by atoms with van der Waals surface area (Å²) >= 11 is 0. The molecule has 1 aromatic heterocycles. The predicted octanol–water partition coefficient (Wildman–Crippen LogP) is 7.63. The monoisotopic (exact) mass is 477 g/mol. The van der Waals surface area contributed by atoms with Gasteiger partial charge in [-0.2, -0.15) is 0 Å². The standard InChI is InChI=1S/C33H39N3/c1-8-9-20-36-24(3)32(28-12-10-11-13-31(28)36)33(25-14-16-26(17-15-25)34(4)5)22-23(2)29-21-27(35(6)7)18-19-30(29)33/h10-19,21H,2,8-9,20,22H2,1,3-7H3. The summed E-state index contributed by atoms with van der Waals surface area (Å²) in [7, 11) is 8.42. The van der Waals surface area contributed by atoms with Crippen molar-refractivity contribution >= 4 is 27.9 Å². The normalized spacial score (nSPS) is 17.0. The first-order valence-corrected chi connectivity index (χ1v) is 13.2. The molecule has 0 spiro atoms. The van der Waals surface area contributed by atoms with Crippen molar-refractivity contribution in [3.05, 3.63) is 101 Å². The van der Waals surface area contributed by atoms with Gasteiger partial charge in [0, 0.05) is 62.7 Å². The molecule has 3 aromatic carbocycles. The molecule has 1 atom stereocenters. The molecule has 186 valence electrons. The number of aryl methyl sites for hydroxylation is 1. The Morgan fingerprint density at radius 2 is 1.56 bits per heavy atom. The SMILES string of the molecule is C=C1CC(c2ccc(N(C)C)cc2)(c2c(C)n(CCCC)c3ccccc23)c2ccc(N(C)C)cc21. The summed E-state index contributed by atoms with van der Waals surface area (Å²) in [5.41, 5.74) is 11.5. The van der Waals surface area contributed by atoms with Crippen LogP contribution in [-0.4, -0.2) is 32.8 Å². The fourth-order valence-electron chi connectivity index (χ4n) is 6.23. The maximum Gasteiger partial charge on any atom is 0.0521 e. The van der Waals surface area contributed by atoms with Crippen molar-refractivity contribution < 1.29 is 0 Å². The Hall–Kier alpha value is -3.46. The zero-order chi connectivity index (χ0) is 25.6. The third-order valence-electron chi connectivity index (χ3n) is 8.11. The van der Waals surface area contributed by atoms with Crippen molar-refractivity contribution in [2.24, 2.45) is 0 Å². The Balaban J connectivity index is 1.85. The van der Waals surface area contributed by atoms with Crippen LogP contribution in [0.15, 0.2) is 73.3 Å². The van der Waals surface area contributed by atoms with Crippen LogP contribution in [-0.2, 0) is 12.0 Å². The molecule has 5 rings (SSSR count). The molecule has 3 nitrogen and oxygen atoms in total. The van der Waals surface area contributed by atoms with E-state index in [-0.39, 0.29) is 5.41 Å². The molecule has 1 heterocycles. The van der Waals surface area contributed by atoms with E-state index in [0.29, 0.717) is 0 Å². The number of para-hydroxylation sites is 1. The summed E-state index contributed by atoms with van der Waals surface area (Å²) < 4.78 is 2.55. The lowest BCUT2D eigenvalue weighted by Crippen LogP contribution is -2.27. The number of hydrogen-bond acceptors (Lipinski definition) is 2. The molecule has 0 bridgehead atoms. The summed E-state index contributed by atoms with van der Waals surface area (Å²) in [6.07, 6.45) is 3.26. The third kappa shape index (κ3) is 3.64. The third-order valence-corrected chi connectivity index (χ3v) is 8.11. The van der Waals surface area contributed by atoms with Gasteiger partial charge in [-0.05, 0) is 77.9 Å². The van der Waals surface area contributed by atoms with Crippen molar-refractivity contribution in [2.75, 3.05) is 38.0 Å². The number of fused-ring (bicyclic) bond motifs is 2. The molecule has 0 amide bonds. The van der Waals surface area contributed by atoms with Crippen LogP contribution in [0.4, 0.5) is 11.4 Å². The quantitative estimate of drug-likeness (QED) is 0.271. The van der Waals surface area contributed by atoms with Crippen LogP contribution in [0.25, 0.3) is 16.5 Å². The van der Waals surface area contributed by atoms with Gasteiger partial charge in [0.05, 0.1) is 5.41 Å². The number of nitrogens with zero attached hydrogens (tertiary/aromatic N) is 3. The van der Waals surface area contributed by atoms with Gasteiger partial charge in [0.1, 0.15) is 0 Å². The summed E-state index contributed by atoms with van der Waals surface area (Å²) in [5, 5.41) is 1.36. The first-order chi connectivity index (χ1) is 17.3. The van der Waals surface area contributed by atoms with Crippen molar-refractivity contribution in [1.29, 1.82) is 0 Å². The maximum absolute atomic E-state index is 4.62. The van der Waals surface area contributed by atoms with Crippen LogP contribution in [0.5, 0.6) is 0 Å². The molecular weight excluding hydrogens is 438 g/mol. The molecule has 0 fully saturated rings. The molecule has 3 heteroatoms. The Bertz CT molecular complexity index is 1420. The average Bonchev–Trinajstić information content (AvgIpc) is 3.33. The zero-order valence-corrected chi connectivity index (χ0v) is 22.7. The van der Waals surface area contributed by atoms with Crippen LogP contribution < -0.4 is 9.80 Å². The summed E-state index contributed by atoms with van der Waals surface area (Å²) in [5.74, 6) is 0. The van der Waals surface area contributed by atoms with E-state index in [0.717, 1.165) is 13.0 Å². The number of allylic oxidation sites excluding steroid dienone is 1. The molecular formula is C33H39N3. The van der Waals surface area contributed by atoms with Gasteiger partial charge in [-0.3, -0.25) is 0 Å². The van der Waals surface area contributed by atoms with E-state index in [1.165, 1.54) is 68.6 Å². The molecule has 0 N–H and O–H groups in total. The summed E-state index contributed by atoms with van der Waals surface area (Å²) in [4.78, 5) is 4.35. The lowest BCUT2D eigenvalue weighted by atomic mass is 9.69. The van der Waals surface area contributed by atoms with E-state index >= 15 is 0 Å². The fourth-order valence-corrected chi connectivity index (χ4v) is 6.23. The molecule has 0 aliphatic heterocycles. The minimum Gasteiger partial charge on any atom is -0.378 e. The minimum atomic E-state index is -0.275. The van der Waals surface area contributed by atoms with Gasteiger partial charge in [-0.15, -0.1) is 0 Å². The molecule has 0 saturated carbocycles. The highest BCUT2D eigenvalue weighted by Crippen LogP contribution is 2.56. The largest absolute Gasteiger partial charge is 0.378 e. The number of rotatable bonds is 7. The Morgan fingerprint density at radius 3 is 2.22 bits per heavy atom. The van der Waals surface area contributed by atoms with Gasteiger partial charge in [0.2, 0.25) is 0 Å². The minimum absolute atomic E-state index is 0.275. The Kier molecular flexibility index (Phi) is 6.20. The Labute approximate surface area is 216 Å². The van der Waals surface area contributed by atoms with Gasteiger partial charge in [0.15, 0.2) is 0 Å². The summed E-state index contributed by atoms with van der Waals surface area (Å²) in [6.45, 7) is 10.3. The second-order valence-electron chi connectivity index (χ2n) is 10.7. The van der Waals surface area contributed by atoms with Gasteiger partial charge in [-0.25, -0.2) is 0 Å². The van der Waals surface area contributed by atoms with E-state index in [9.17, 15) is 0 Å². The molecule has 36 heavy (non-hydrogen) atoms. The molecule has 4 aromatic rings. The van der Waals surface area contributed by atoms with Crippen LogP contribution in [0, 0.1) is 6.92 Å². The fraction of sp³-hybridized carbons (Fsp3) is 0.333. The topological polar surface area (TPSA) is 11.4 Å². The lowest BCUT2D eigenvalue weighted by molar-refractivity contribution is 0.614. The van der Waals surface area contributed by atoms with Crippen LogP contribution in [0.2, 0.25) is 0 Å². The number of anilines is 2. The smallest absolute Gasteiger partial charge is 0.0521 e. The van der Waals surface area contributed by atoms with Crippen molar-refractivity contribution in [3.63, 3.8) is 0 Å². The van der Waals surface area contributed by atoms with Gasteiger partial charge in [0.25, 0.3) is 0 Å². The maximum atomic E-state index is 4.62. The number of aromatic nitrogens is 1. The highest BCUT2D eigenvalue weighted by molar-refractivity contribution is 5.92. The van der Waals surface area contributed by atoms with Gasteiger partial charge >= 0.3 is 0 Å². The molecule has 1 aliphatic carbocycles. The Morgan fingerprint density at radius 1 is 0.889 bits per heavy atom. The van der Waals surface area contributed by atoms with Crippen molar-refractivity contribution in [3.8, 4) is 0 Å². The lowest BCUT2D eigenvalue weighted by Gasteiger charge is -2.33. The molecule has 1 unspecified atom stereocenters. The highest BCUT2D eigenvalue weighted by atomic mass is 15.1. The highest BCUT2D eigenvalue weighted by Gasteiger charge is 2.46. The van der Waals surface area contributed by atoms with E-state index in [1.807, 2.05) is 0 Å². The van der Waals surface area contributed by atoms with Gasteiger partial charge < -0.3 is 14.4 Å². The molecule has 0 saturated heterocycles. The zero-order valence-electron chi connectivity index (χ0n) is 22.7. The van der Waals surface area contributed by atoms with Crippen LogP contribution in [0.3, 0.4) is 0 Å². The van der Waals surface area contributed by atoms with E-state index in [2.05, 4.69) is 130 Å². The van der Waals surface area contributed by atoms with E-state index in [4.69, 9.17) is 0 Å². The number of unbranched alkanes of at least 4 members (excludes halogenated alkanes) is 1. The summed E-state index contributed by atoms with van der Waals surface area (Å²) in [6, 6.07) is 25.2. The first kappa shape index (κ1) is 24.2. The second-order valence-corrected chi connectivity index (χ2v) is 10.7. The van der Waals surface area contributed by atoms with E-state index in [1.54, 1.807) is 0 Å². The van der Waals surface area contributed by atoms with Crippen molar-refractivity contribution in [2.45, 2.75) is 45.1 Å². The second kappa shape index (κ2) is 9.20.